The van der Waals surface area contributed by atoms with Crippen molar-refractivity contribution in [1.29, 1.82) is 0 Å². The Morgan fingerprint density at radius 2 is 2.05 bits per heavy atom. The standard InChI is InChI=1S/C9H8ClF2NO6S/c1-2-18-6-3-5(13(14)15)4-7(20(10,16)17)8(6)19-9(11)12/h3-4,9H,2H2,1H3. The van der Waals surface area contributed by atoms with Gasteiger partial charge in [-0.05, 0) is 6.92 Å². The molecule has 0 N–H and O–H groups in total. The van der Waals surface area contributed by atoms with Crippen LogP contribution in [0.1, 0.15) is 6.92 Å². The first-order chi connectivity index (χ1) is 9.16. The number of nitro benzene ring substituents is 1. The molecule has 0 saturated heterocycles. The van der Waals surface area contributed by atoms with E-state index in [4.69, 9.17) is 15.4 Å². The minimum atomic E-state index is -4.55. The molecule has 0 fully saturated rings. The molecule has 1 aromatic carbocycles. The second-order valence-electron chi connectivity index (χ2n) is 3.28. The lowest BCUT2D eigenvalue weighted by molar-refractivity contribution is -0.385. The van der Waals surface area contributed by atoms with Crippen LogP contribution >= 0.6 is 10.7 Å². The molecule has 112 valence electrons. The number of non-ortho nitro benzene ring substituents is 1. The van der Waals surface area contributed by atoms with Gasteiger partial charge in [0, 0.05) is 16.7 Å². The molecule has 0 atom stereocenters. The lowest BCUT2D eigenvalue weighted by Crippen LogP contribution is -2.09. The smallest absolute Gasteiger partial charge is 0.387 e. The predicted molar refractivity (Wildman–Crippen MR) is 63.9 cm³/mol. The van der Waals surface area contributed by atoms with E-state index >= 15 is 0 Å². The molecular weight excluding hydrogens is 324 g/mol. The Kier molecular flexibility index (Phi) is 5.06. The van der Waals surface area contributed by atoms with E-state index in [1.807, 2.05) is 0 Å². The molecule has 0 heterocycles. The number of hydrogen-bond donors (Lipinski definition) is 0. The summed E-state index contributed by atoms with van der Waals surface area (Å²) in [5, 5.41) is 10.7. The fourth-order valence-corrected chi connectivity index (χ4v) is 2.29. The highest BCUT2D eigenvalue weighted by Gasteiger charge is 2.28. The lowest BCUT2D eigenvalue weighted by atomic mass is 10.3. The van der Waals surface area contributed by atoms with Crippen molar-refractivity contribution in [3.8, 4) is 11.5 Å². The molecule has 0 bridgehead atoms. The number of alkyl halides is 2. The molecule has 1 rings (SSSR count). The first kappa shape index (κ1) is 16.4. The van der Waals surface area contributed by atoms with Crippen LogP contribution in [0.5, 0.6) is 11.5 Å². The van der Waals surface area contributed by atoms with Crippen molar-refractivity contribution >= 4 is 25.4 Å². The minimum Gasteiger partial charge on any atom is -0.490 e. The zero-order valence-electron chi connectivity index (χ0n) is 9.88. The van der Waals surface area contributed by atoms with Crippen LogP contribution in [0.25, 0.3) is 0 Å². The molecule has 0 amide bonds. The first-order valence-corrected chi connectivity index (χ1v) is 7.32. The van der Waals surface area contributed by atoms with Gasteiger partial charge in [0.25, 0.3) is 14.7 Å². The van der Waals surface area contributed by atoms with Gasteiger partial charge in [0.05, 0.1) is 17.6 Å². The first-order valence-electron chi connectivity index (χ1n) is 5.01. The summed E-state index contributed by atoms with van der Waals surface area (Å²) in [6, 6.07) is 1.29. The van der Waals surface area contributed by atoms with Gasteiger partial charge in [0.2, 0.25) is 0 Å². The van der Waals surface area contributed by atoms with Gasteiger partial charge >= 0.3 is 6.61 Å². The van der Waals surface area contributed by atoms with Gasteiger partial charge in [0.1, 0.15) is 4.90 Å². The molecule has 0 aliphatic heterocycles. The van der Waals surface area contributed by atoms with E-state index in [9.17, 15) is 27.3 Å². The Balaban J connectivity index is 3.61. The summed E-state index contributed by atoms with van der Waals surface area (Å²) in [4.78, 5) is 8.82. The zero-order valence-corrected chi connectivity index (χ0v) is 11.5. The summed E-state index contributed by atoms with van der Waals surface area (Å²) < 4.78 is 56.2. The van der Waals surface area contributed by atoms with Crippen LogP contribution in [0.2, 0.25) is 0 Å². The molecule has 0 unspecified atom stereocenters. The summed E-state index contributed by atoms with van der Waals surface area (Å²) in [6.45, 7) is -1.93. The van der Waals surface area contributed by atoms with Gasteiger partial charge in [0.15, 0.2) is 11.5 Å². The van der Waals surface area contributed by atoms with Crippen molar-refractivity contribution < 1.29 is 31.6 Å². The Morgan fingerprint density at radius 3 is 2.45 bits per heavy atom. The van der Waals surface area contributed by atoms with E-state index in [2.05, 4.69) is 4.74 Å². The third-order valence-corrected chi connectivity index (χ3v) is 3.31. The highest BCUT2D eigenvalue weighted by Crippen LogP contribution is 2.40. The average Bonchev–Trinajstić information content (AvgIpc) is 2.28. The maximum atomic E-state index is 12.3. The zero-order chi connectivity index (χ0) is 15.5. The molecule has 20 heavy (non-hydrogen) atoms. The maximum Gasteiger partial charge on any atom is 0.387 e. The summed E-state index contributed by atoms with van der Waals surface area (Å²) in [7, 11) is 0.519. The van der Waals surface area contributed by atoms with E-state index in [0.29, 0.717) is 6.07 Å². The normalized spacial score (nSPS) is 11.4. The van der Waals surface area contributed by atoms with Gasteiger partial charge in [-0.25, -0.2) is 8.42 Å². The second kappa shape index (κ2) is 6.18. The van der Waals surface area contributed by atoms with E-state index in [1.54, 1.807) is 0 Å². The summed E-state index contributed by atoms with van der Waals surface area (Å²) in [5.74, 6) is -1.39. The number of benzene rings is 1. The Labute approximate surface area is 116 Å². The number of rotatable bonds is 6. The van der Waals surface area contributed by atoms with Crippen molar-refractivity contribution in [2.45, 2.75) is 18.4 Å². The van der Waals surface area contributed by atoms with Crippen molar-refractivity contribution in [2.24, 2.45) is 0 Å². The summed E-state index contributed by atoms with van der Waals surface area (Å²) in [5.41, 5.74) is -0.686. The fourth-order valence-electron chi connectivity index (χ4n) is 1.32. The van der Waals surface area contributed by atoms with Crippen LogP contribution in [0.15, 0.2) is 17.0 Å². The summed E-state index contributed by atoms with van der Waals surface area (Å²) in [6.07, 6.45) is 0. The maximum absolute atomic E-state index is 12.3. The minimum absolute atomic E-state index is 0.0530. The van der Waals surface area contributed by atoms with Crippen molar-refractivity contribution in [2.75, 3.05) is 6.61 Å². The number of ether oxygens (including phenoxy) is 2. The summed E-state index contributed by atoms with van der Waals surface area (Å²) >= 11 is 0. The van der Waals surface area contributed by atoms with Crippen molar-refractivity contribution in [3.63, 3.8) is 0 Å². The lowest BCUT2D eigenvalue weighted by Gasteiger charge is -2.13. The molecule has 0 aromatic heterocycles. The number of hydrogen-bond acceptors (Lipinski definition) is 6. The van der Waals surface area contributed by atoms with Crippen LogP contribution in [0, 0.1) is 10.1 Å². The Bertz CT molecular complexity index is 621. The fraction of sp³-hybridized carbons (Fsp3) is 0.333. The topological polar surface area (TPSA) is 95.7 Å². The van der Waals surface area contributed by atoms with Crippen molar-refractivity contribution in [1.82, 2.24) is 0 Å². The third-order valence-electron chi connectivity index (χ3n) is 1.99. The number of nitrogens with zero attached hydrogens (tertiary/aromatic N) is 1. The largest absolute Gasteiger partial charge is 0.490 e. The van der Waals surface area contributed by atoms with E-state index in [-0.39, 0.29) is 6.61 Å². The Hall–Kier alpha value is -1.68. The third kappa shape index (κ3) is 3.90. The molecule has 11 heteroatoms. The van der Waals surface area contributed by atoms with Crippen LogP contribution in [0.4, 0.5) is 14.5 Å². The predicted octanol–water partition coefficient (Wildman–Crippen LogP) is 2.52. The quantitative estimate of drug-likeness (QED) is 0.451. The van der Waals surface area contributed by atoms with Gasteiger partial charge in [-0.3, -0.25) is 10.1 Å². The molecule has 1 aromatic rings. The molecule has 0 saturated carbocycles. The number of halogens is 3. The van der Waals surface area contributed by atoms with E-state index in [1.165, 1.54) is 6.92 Å². The highest BCUT2D eigenvalue weighted by atomic mass is 35.7. The van der Waals surface area contributed by atoms with Crippen LogP contribution < -0.4 is 9.47 Å². The molecule has 0 spiro atoms. The average molecular weight is 332 g/mol. The SMILES string of the molecule is CCOc1cc([N+](=O)[O-])cc(S(=O)(=O)Cl)c1OC(F)F. The van der Waals surface area contributed by atoms with Crippen LogP contribution in [0.3, 0.4) is 0 Å². The van der Waals surface area contributed by atoms with Gasteiger partial charge in [-0.2, -0.15) is 8.78 Å². The van der Waals surface area contributed by atoms with Crippen LogP contribution in [-0.2, 0) is 9.05 Å². The van der Waals surface area contributed by atoms with Crippen LogP contribution in [-0.4, -0.2) is 26.6 Å². The Morgan fingerprint density at radius 1 is 1.45 bits per heavy atom. The van der Waals surface area contributed by atoms with Gasteiger partial charge < -0.3 is 9.47 Å². The molecule has 7 nitrogen and oxygen atoms in total. The monoisotopic (exact) mass is 331 g/mol. The number of nitro groups is 1. The second-order valence-corrected chi connectivity index (χ2v) is 5.81. The van der Waals surface area contributed by atoms with Crippen molar-refractivity contribution in [3.05, 3.63) is 22.2 Å². The van der Waals surface area contributed by atoms with Gasteiger partial charge in [-0.15, -0.1) is 0 Å². The highest BCUT2D eigenvalue weighted by molar-refractivity contribution is 8.13. The molecular formula is C9H8ClF2NO6S. The van der Waals surface area contributed by atoms with E-state index in [0.717, 1.165) is 6.07 Å². The molecule has 0 aliphatic carbocycles. The molecule has 0 aliphatic rings. The van der Waals surface area contributed by atoms with Gasteiger partial charge in [-0.1, -0.05) is 0 Å². The molecule has 0 radical (unpaired) electrons. The van der Waals surface area contributed by atoms with E-state index < -0.39 is 42.7 Å².